The molecular weight excluding hydrogens is 687 g/mol. The minimum atomic E-state index is 1.21. The van der Waals surface area contributed by atoms with E-state index in [0.717, 1.165) is 0 Å². The van der Waals surface area contributed by atoms with E-state index in [4.69, 9.17) is 0 Å². The Balaban J connectivity index is 1.15. The van der Waals surface area contributed by atoms with Gasteiger partial charge in [-0.15, -0.1) is 0 Å². The van der Waals surface area contributed by atoms with Crippen LogP contribution in [0.25, 0.3) is 104 Å². The van der Waals surface area contributed by atoms with E-state index in [1.165, 1.54) is 115 Å². The Kier molecular flexibility index (Phi) is 7.69. The molecule has 0 saturated carbocycles. The van der Waals surface area contributed by atoms with Gasteiger partial charge < -0.3 is 4.57 Å². The highest BCUT2D eigenvalue weighted by molar-refractivity contribution is 6.24. The van der Waals surface area contributed by atoms with Crippen molar-refractivity contribution in [2.75, 3.05) is 0 Å². The Hall–Kier alpha value is -7.22. The summed E-state index contributed by atoms with van der Waals surface area (Å²) in [6.45, 7) is 4.51. The lowest BCUT2D eigenvalue weighted by molar-refractivity contribution is 1.17. The Morgan fingerprint density at radius 3 is 1.44 bits per heavy atom. The maximum absolute atomic E-state index is 2.51. The van der Waals surface area contributed by atoms with Gasteiger partial charge in [0.15, 0.2) is 0 Å². The fraction of sp³-hybridized carbons (Fsp3) is 0.0357. The van der Waals surface area contributed by atoms with Crippen LogP contribution in [0.3, 0.4) is 0 Å². The van der Waals surface area contributed by atoms with Gasteiger partial charge in [-0.25, -0.2) is 0 Å². The third-order valence-electron chi connectivity index (χ3n) is 11.9. The summed E-state index contributed by atoms with van der Waals surface area (Å²) in [4.78, 5) is 0. The normalized spacial score (nSPS) is 11.7. The van der Waals surface area contributed by atoms with Crippen LogP contribution in [0.15, 0.2) is 200 Å². The van der Waals surface area contributed by atoms with Crippen molar-refractivity contribution in [2.45, 2.75) is 13.8 Å². The first-order chi connectivity index (χ1) is 28.1. The summed E-state index contributed by atoms with van der Waals surface area (Å²) in [6.07, 6.45) is 0. The Labute approximate surface area is 332 Å². The molecule has 0 fully saturated rings. The summed E-state index contributed by atoms with van der Waals surface area (Å²) < 4.78 is 2.51. The van der Waals surface area contributed by atoms with Gasteiger partial charge >= 0.3 is 0 Å². The second-order valence-corrected chi connectivity index (χ2v) is 15.4. The second kappa shape index (κ2) is 13.2. The zero-order chi connectivity index (χ0) is 38.0. The van der Waals surface area contributed by atoms with Gasteiger partial charge in [-0.3, -0.25) is 0 Å². The fourth-order valence-electron chi connectivity index (χ4n) is 9.38. The zero-order valence-electron chi connectivity index (χ0n) is 32.0. The molecule has 0 bridgehead atoms. The molecule has 1 heterocycles. The summed E-state index contributed by atoms with van der Waals surface area (Å²) in [5.74, 6) is 0. The minimum absolute atomic E-state index is 1.21. The van der Waals surface area contributed by atoms with E-state index in [2.05, 4.69) is 219 Å². The van der Waals surface area contributed by atoms with Crippen molar-refractivity contribution in [2.24, 2.45) is 0 Å². The SMILES string of the molecule is Cc1ccc2c(-n3c4ccccc4c4cc(-c5ccc(-c6ccccc6)cc5)ccc43)c(C)cc(-c3c4ccccc4c(-c4ccccc4)c4ccccc34)c2c1. The van der Waals surface area contributed by atoms with Crippen LogP contribution in [0.5, 0.6) is 0 Å². The van der Waals surface area contributed by atoms with Crippen LogP contribution in [-0.4, -0.2) is 4.57 Å². The highest BCUT2D eigenvalue weighted by Crippen LogP contribution is 2.47. The number of nitrogens with zero attached hydrogens (tertiary/aromatic N) is 1. The zero-order valence-corrected chi connectivity index (χ0v) is 32.0. The minimum Gasteiger partial charge on any atom is -0.308 e. The molecule has 268 valence electrons. The molecule has 0 atom stereocenters. The van der Waals surface area contributed by atoms with Crippen LogP contribution in [0.2, 0.25) is 0 Å². The maximum atomic E-state index is 2.51. The largest absolute Gasteiger partial charge is 0.308 e. The fourth-order valence-corrected chi connectivity index (χ4v) is 9.38. The lowest BCUT2D eigenvalue weighted by Gasteiger charge is -2.22. The van der Waals surface area contributed by atoms with Crippen molar-refractivity contribution in [1.29, 1.82) is 0 Å². The van der Waals surface area contributed by atoms with Crippen LogP contribution in [0.1, 0.15) is 11.1 Å². The Bertz CT molecular complexity index is 3280. The predicted octanol–water partition coefficient (Wildman–Crippen LogP) is 15.5. The summed E-state index contributed by atoms with van der Waals surface area (Å²) >= 11 is 0. The molecule has 0 amide bonds. The van der Waals surface area contributed by atoms with Gasteiger partial charge in [-0.1, -0.05) is 181 Å². The Morgan fingerprint density at radius 1 is 0.298 bits per heavy atom. The van der Waals surface area contributed by atoms with Crippen LogP contribution in [0.4, 0.5) is 0 Å². The van der Waals surface area contributed by atoms with E-state index in [1.807, 2.05) is 0 Å². The summed E-state index contributed by atoms with van der Waals surface area (Å²) in [7, 11) is 0. The third kappa shape index (κ3) is 5.31. The van der Waals surface area contributed by atoms with Crippen LogP contribution < -0.4 is 0 Å². The second-order valence-electron chi connectivity index (χ2n) is 15.4. The molecule has 0 aliphatic rings. The van der Waals surface area contributed by atoms with E-state index in [1.54, 1.807) is 0 Å². The topological polar surface area (TPSA) is 4.93 Å². The van der Waals surface area contributed by atoms with Crippen molar-refractivity contribution in [3.05, 3.63) is 211 Å². The molecule has 1 heteroatoms. The van der Waals surface area contributed by atoms with Crippen molar-refractivity contribution in [1.82, 2.24) is 4.57 Å². The molecule has 0 saturated heterocycles. The van der Waals surface area contributed by atoms with Gasteiger partial charge in [0.05, 0.1) is 16.7 Å². The van der Waals surface area contributed by atoms with Crippen LogP contribution >= 0.6 is 0 Å². The smallest absolute Gasteiger partial charge is 0.0570 e. The van der Waals surface area contributed by atoms with E-state index in [0.29, 0.717) is 0 Å². The van der Waals surface area contributed by atoms with Gasteiger partial charge in [0, 0.05) is 16.2 Å². The number of fused-ring (bicyclic) bond motifs is 6. The van der Waals surface area contributed by atoms with Gasteiger partial charge in [0.25, 0.3) is 0 Å². The van der Waals surface area contributed by atoms with Gasteiger partial charge in [0.1, 0.15) is 0 Å². The van der Waals surface area contributed by atoms with Crippen molar-refractivity contribution < 1.29 is 0 Å². The first kappa shape index (κ1) is 33.1. The third-order valence-corrected chi connectivity index (χ3v) is 11.9. The number of hydrogen-bond acceptors (Lipinski definition) is 0. The van der Waals surface area contributed by atoms with Crippen molar-refractivity contribution in [3.63, 3.8) is 0 Å². The molecule has 0 unspecified atom stereocenters. The number of aromatic nitrogens is 1. The lowest BCUT2D eigenvalue weighted by atomic mass is 9.83. The molecule has 11 aromatic rings. The molecule has 0 N–H and O–H groups in total. The maximum Gasteiger partial charge on any atom is 0.0570 e. The van der Waals surface area contributed by atoms with Gasteiger partial charge in [0.2, 0.25) is 0 Å². The first-order valence-electron chi connectivity index (χ1n) is 19.8. The van der Waals surface area contributed by atoms with E-state index >= 15 is 0 Å². The number of para-hydroxylation sites is 1. The van der Waals surface area contributed by atoms with E-state index < -0.39 is 0 Å². The number of rotatable bonds is 5. The summed E-state index contributed by atoms with van der Waals surface area (Å²) in [6, 6.07) is 73.8. The van der Waals surface area contributed by atoms with Crippen molar-refractivity contribution in [3.8, 4) is 50.2 Å². The average molecular weight is 726 g/mol. The molecule has 0 aliphatic carbocycles. The van der Waals surface area contributed by atoms with Gasteiger partial charge in [-0.2, -0.15) is 0 Å². The standard InChI is InChI=1S/C56H39N/c1-36-25-31-48-49(33-36)51(55-46-22-11-9-20-44(46)54(41-17-7-4-8-18-41)45-21-10-12-23-47(45)55)34-37(2)56(48)57-52-24-14-13-19-43(52)50-35-42(30-32-53(50)57)40-28-26-39(27-29-40)38-15-5-3-6-16-38/h3-35H,1-2H3. The highest BCUT2D eigenvalue weighted by Gasteiger charge is 2.22. The van der Waals surface area contributed by atoms with E-state index in [9.17, 15) is 0 Å². The quantitative estimate of drug-likeness (QED) is 0.156. The number of benzene rings is 10. The molecule has 0 spiro atoms. The monoisotopic (exact) mass is 725 g/mol. The van der Waals surface area contributed by atoms with Gasteiger partial charge in [-0.05, 0) is 115 Å². The van der Waals surface area contributed by atoms with Crippen molar-refractivity contribution >= 4 is 54.1 Å². The summed E-state index contributed by atoms with van der Waals surface area (Å²) in [5.41, 5.74) is 16.1. The molecule has 1 nitrogen and oxygen atoms in total. The summed E-state index contributed by atoms with van der Waals surface area (Å²) in [5, 5.41) is 10.1. The molecule has 0 aliphatic heterocycles. The van der Waals surface area contributed by atoms with E-state index in [-0.39, 0.29) is 0 Å². The molecule has 10 aromatic carbocycles. The predicted molar refractivity (Wildman–Crippen MR) is 245 cm³/mol. The first-order valence-corrected chi connectivity index (χ1v) is 19.8. The highest BCUT2D eigenvalue weighted by atomic mass is 15.0. The number of aryl methyl sites for hydroxylation is 2. The average Bonchev–Trinajstić information content (AvgIpc) is 3.59. The molecule has 57 heavy (non-hydrogen) atoms. The molecular formula is C56H39N. The van der Waals surface area contributed by atoms with Crippen LogP contribution in [-0.2, 0) is 0 Å². The molecule has 11 rings (SSSR count). The Morgan fingerprint density at radius 2 is 0.789 bits per heavy atom. The lowest BCUT2D eigenvalue weighted by Crippen LogP contribution is -2.01. The molecule has 0 radical (unpaired) electrons. The molecule has 1 aromatic heterocycles. The number of hydrogen-bond donors (Lipinski definition) is 0. The van der Waals surface area contributed by atoms with Crippen LogP contribution in [0, 0.1) is 13.8 Å².